The number of hydrogen-bond acceptors (Lipinski definition) is 9. The van der Waals surface area contributed by atoms with E-state index in [9.17, 15) is 32.3 Å². The molecule has 55 heavy (non-hydrogen) atoms. The van der Waals surface area contributed by atoms with Gasteiger partial charge in [-0.1, -0.05) is 29.8 Å². The molecule has 3 fully saturated rings. The van der Waals surface area contributed by atoms with Gasteiger partial charge in [0, 0.05) is 82.6 Å². The molecular formula is C38H47ClF3N7O6. The van der Waals surface area contributed by atoms with E-state index in [1.54, 1.807) is 9.80 Å². The highest BCUT2D eigenvalue weighted by Crippen LogP contribution is 2.38. The molecule has 2 atom stereocenters. The first kappa shape index (κ1) is 40.3. The molecule has 0 aliphatic carbocycles. The fourth-order valence-electron chi connectivity index (χ4n) is 8.11. The molecule has 298 valence electrons. The Morgan fingerprint density at radius 1 is 1.02 bits per heavy atom. The fourth-order valence-corrected chi connectivity index (χ4v) is 8.36. The number of alkyl halides is 3. The number of piperidine rings is 2. The molecule has 6 rings (SSSR count). The summed E-state index contributed by atoms with van der Waals surface area (Å²) in [5.74, 6) is 1.37. The first-order valence-corrected chi connectivity index (χ1v) is 19.1. The molecule has 0 bridgehead atoms. The first-order chi connectivity index (χ1) is 26.4. The van der Waals surface area contributed by atoms with Gasteiger partial charge in [0.25, 0.3) is 5.91 Å². The normalized spacial score (nSPS) is 21.3. The van der Waals surface area contributed by atoms with E-state index in [-0.39, 0.29) is 54.3 Å². The van der Waals surface area contributed by atoms with Crippen LogP contribution in [-0.2, 0) is 38.2 Å². The van der Waals surface area contributed by atoms with Crippen molar-refractivity contribution in [3.63, 3.8) is 0 Å². The number of anilines is 2. The van der Waals surface area contributed by atoms with Crippen LogP contribution in [-0.4, -0.2) is 132 Å². The number of nitrogens with two attached hydrogens (primary N) is 1. The fraction of sp³-hybridized carbons (Fsp3) is 0.553. The second-order valence-electron chi connectivity index (χ2n) is 14.3. The number of hydroxylamine groups is 2. The van der Waals surface area contributed by atoms with Crippen molar-refractivity contribution in [2.45, 2.75) is 75.9 Å². The van der Waals surface area contributed by atoms with Gasteiger partial charge in [-0.15, -0.1) is 0 Å². The summed E-state index contributed by atoms with van der Waals surface area (Å²) in [6.45, 7) is 5.85. The minimum atomic E-state index is -4.80. The Labute approximate surface area is 323 Å². The number of ether oxygens (including phenoxy) is 1. The highest BCUT2D eigenvalue weighted by Gasteiger charge is 2.39. The van der Waals surface area contributed by atoms with Crippen molar-refractivity contribution in [2.24, 2.45) is 0 Å². The Morgan fingerprint density at radius 2 is 1.71 bits per heavy atom. The van der Waals surface area contributed by atoms with Crippen molar-refractivity contribution in [2.75, 3.05) is 70.0 Å². The summed E-state index contributed by atoms with van der Waals surface area (Å²) in [6.07, 6.45) is -3.11. The van der Waals surface area contributed by atoms with Crippen LogP contribution in [0.1, 0.15) is 49.3 Å². The molecule has 1 unspecified atom stereocenters. The van der Waals surface area contributed by atoms with Crippen molar-refractivity contribution in [3.8, 4) is 0 Å². The second-order valence-corrected chi connectivity index (χ2v) is 14.7. The highest BCUT2D eigenvalue weighted by atomic mass is 35.5. The quantitative estimate of drug-likeness (QED) is 0.269. The monoisotopic (exact) mass is 789 g/mol. The van der Waals surface area contributed by atoms with Gasteiger partial charge in [-0.2, -0.15) is 18.2 Å². The molecule has 4 aliphatic rings. The number of piperazine rings is 1. The summed E-state index contributed by atoms with van der Waals surface area (Å²) in [5.41, 5.74) is 5.76. The largest absolute Gasteiger partial charge is 0.436 e. The van der Waals surface area contributed by atoms with Gasteiger partial charge in [-0.25, -0.2) is 14.4 Å². The maximum atomic E-state index is 14.1. The topological polar surface area (TPSA) is 141 Å². The van der Waals surface area contributed by atoms with Gasteiger partial charge in [-0.3, -0.25) is 14.5 Å². The number of fused-ring (bicyclic) bond motifs is 1. The number of nitrogen functional groups attached to an aromatic ring is 1. The van der Waals surface area contributed by atoms with Gasteiger partial charge in [-0.05, 0) is 68.4 Å². The Balaban J connectivity index is 1.13. The van der Waals surface area contributed by atoms with Gasteiger partial charge in [0.2, 0.25) is 0 Å². The van der Waals surface area contributed by atoms with Crippen LogP contribution in [0.3, 0.4) is 0 Å². The maximum absolute atomic E-state index is 14.1. The third kappa shape index (κ3) is 9.55. The lowest BCUT2D eigenvalue weighted by Gasteiger charge is -2.46. The molecule has 0 spiro atoms. The van der Waals surface area contributed by atoms with Crippen LogP contribution >= 0.6 is 11.6 Å². The lowest BCUT2D eigenvalue weighted by Crippen LogP contribution is -2.58. The minimum absolute atomic E-state index is 0.0371. The van der Waals surface area contributed by atoms with E-state index < -0.39 is 35.5 Å². The van der Waals surface area contributed by atoms with Crippen molar-refractivity contribution >= 4 is 46.9 Å². The maximum Gasteiger partial charge on any atom is 0.418 e. The van der Waals surface area contributed by atoms with E-state index in [1.807, 2.05) is 42.2 Å². The molecular weight excluding hydrogens is 743 g/mol. The zero-order valence-corrected chi connectivity index (χ0v) is 31.5. The van der Waals surface area contributed by atoms with Crippen molar-refractivity contribution in [1.82, 2.24) is 24.7 Å². The van der Waals surface area contributed by atoms with E-state index in [1.165, 1.54) is 17.0 Å². The zero-order valence-electron chi connectivity index (χ0n) is 30.7. The lowest BCUT2D eigenvalue weighted by atomic mass is 9.98. The van der Waals surface area contributed by atoms with Crippen LogP contribution < -0.4 is 11.1 Å². The summed E-state index contributed by atoms with van der Waals surface area (Å²) in [4.78, 5) is 65.0. The molecule has 0 saturated carbocycles. The number of amides is 4. The standard InChI is InChI=1S/C38H47ClF3N7O6/c1-2-54-47-18-19-48(29(24-47)12-20-50)27-8-13-45(14-9-27)35(51)33(23-25-21-30(38(40,41)42)34(43)31(39)22-25)55-37(53)46-15-10-28(11-16-46)49-17-7-26-5-3-4-6-32(26)44-36(49)52/h3-6,12,21-22,27-29,33H,2,7-11,13-19,23-24,43H2,1H3,(H,44,52)/t29?,33-/m1/s1. The summed E-state index contributed by atoms with van der Waals surface area (Å²) < 4.78 is 47.5. The van der Waals surface area contributed by atoms with Crippen LogP contribution in [0.15, 0.2) is 42.5 Å². The summed E-state index contributed by atoms with van der Waals surface area (Å²) in [7, 11) is 0. The van der Waals surface area contributed by atoms with E-state index >= 15 is 0 Å². The van der Waals surface area contributed by atoms with Crippen molar-refractivity contribution in [3.05, 3.63) is 64.2 Å². The predicted molar refractivity (Wildman–Crippen MR) is 199 cm³/mol. The smallest absolute Gasteiger partial charge is 0.418 e. The van der Waals surface area contributed by atoms with Crippen molar-refractivity contribution < 1.29 is 41.9 Å². The van der Waals surface area contributed by atoms with Crippen molar-refractivity contribution in [1.29, 1.82) is 0 Å². The van der Waals surface area contributed by atoms with E-state index in [0.29, 0.717) is 78.0 Å². The predicted octanol–water partition coefficient (Wildman–Crippen LogP) is 4.86. The zero-order chi connectivity index (χ0) is 39.3. The van der Waals surface area contributed by atoms with Crippen LogP contribution in [0.4, 0.5) is 34.1 Å². The summed E-state index contributed by atoms with van der Waals surface area (Å²) in [6, 6.07) is 9.24. The third-order valence-electron chi connectivity index (χ3n) is 11.0. The number of likely N-dealkylation sites (tertiary alicyclic amines) is 2. The van der Waals surface area contributed by atoms with Gasteiger partial charge < -0.3 is 30.5 Å². The average molecular weight is 790 g/mol. The number of carbonyl (C=O) groups excluding carboxylic acids is 4. The highest BCUT2D eigenvalue weighted by molar-refractivity contribution is 6.33. The van der Waals surface area contributed by atoms with Gasteiger partial charge >= 0.3 is 18.3 Å². The number of hydrogen-bond donors (Lipinski definition) is 2. The lowest BCUT2D eigenvalue weighted by molar-refractivity contribution is -0.184. The van der Waals surface area contributed by atoms with E-state index in [0.717, 1.165) is 17.3 Å². The SMILES string of the molecule is CCON1CCN(C2CCN(C(=O)[C@@H](Cc3cc(Cl)c(N)c(C(F)(F)F)c3)OC(=O)N3CCC(N4CCc5ccccc5NC4=O)CC3)CC2)C(C=C=O)C1. The molecule has 2 aromatic rings. The minimum Gasteiger partial charge on any atom is -0.436 e. The van der Waals surface area contributed by atoms with Crippen LogP contribution in [0.2, 0.25) is 5.02 Å². The summed E-state index contributed by atoms with van der Waals surface area (Å²) >= 11 is 6.13. The molecule has 13 nitrogen and oxygen atoms in total. The number of para-hydroxylation sites is 1. The molecule has 4 aliphatic heterocycles. The molecule has 4 heterocycles. The Hall–Kier alpha value is -4.34. The Kier molecular flexibility index (Phi) is 12.9. The molecule has 0 radical (unpaired) electrons. The van der Waals surface area contributed by atoms with Crippen LogP contribution in [0.5, 0.6) is 0 Å². The number of halogens is 4. The number of benzene rings is 2. The van der Waals surface area contributed by atoms with Gasteiger partial charge in [0.15, 0.2) is 6.10 Å². The van der Waals surface area contributed by atoms with Gasteiger partial charge in [0.1, 0.15) is 5.94 Å². The van der Waals surface area contributed by atoms with Crippen LogP contribution in [0.25, 0.3) is 0 Å². The molecule has 4 amide bonds. The molecule has 0 aromatic heterocycles. The number of nitrogens with one attached hydrogen (secondary N) is 1. The average Bonchev–Trinajstić information content (AvgIpc) is 3.33. The Morgan fingerprint density at radius 3 is 2.40 bits per heavy atom. The number of urea groups is 1. The first-order valence-electron chi connectivity index (χ1n) is 18.8. The molecule has 3 N–H and O–H groups in total. The molecule has 2 aromatic carbocycles. The summed E-state index contributed by atoms with van der Waals surface area (Å²) in [5, 5.41) is 4.48. The number of rotatable bonds is 9. The Bertz CT molecular complexity index is 1760. The van der Waals surface area contributed by atoms with E-state index in [2.05, 4.69) is 10.2 Å². The number of carbonyl (C=O) groups is 3. The van der Waals surface area contributed by atoms with Crippen LogP contribution in [0, 0.1) is 0 Å². The van der Waals surface area contributed by atoms with Gasteiger partial charge in [0.05, 0.1) is 28.9 Å². The molecule has 3 saturated heterocycles. The third-order valence-corrected chi connectivity index (χ3v) is 11.3. The van der Waals surface area contributed by atoms with E-state index in [4.69, 9.17) is 26.9 Å². The second kappa shape index (κ2) is 17.6. The molecule has 17 heteroatoms. The number of nitrogens with zero attached hydrogens (tertiary/aromatic N) is 5.